The SMILES string of the molecule is O=C(NC1(C(=O)O)CCCCCC1)c1ccc(Cl)cc1F. The molecule has 0 radical (unpaired) electrons. The van der Waals surface area contributed by atoms with Gasteiger partial charge in [0.25, 0.3) is 5.91 Å². The third kappa shape index (κ3) is 3.53. The summed E-state index contributed by atoms with van der Waals surface area (Å²) in [7, 11) is 0. The monoisotopic (exact) mass is 313 g/mol. The second kappa shape index (κ2) is 6.43. The Labute approximate surface area is 127 Å². The molecule has 4 nitrogen and oxygen atoms in total. The highest BCUT2D eigenvalue weighted by Gasteiger charge is 2.40. The Morgan fingerprint density at radius 2 is 1.81 bits per heavy atom. The van der Waals surface area contributed by atoms with Crippen LogP contribution in [0.1, 0.15) is 48.9 Å². The van der Waals surface area contributed by atoms with Crippen molar-refractivity contribution in [1.82, 2.24) is 5.32 Å². The summed E-state index contributed by atoms with van der Waals surface area (Å²) in [6, 6.07) is 3.70. The molecule has 1 fully saturated rings. The van der Waals surface area contributed by atoms with Crippen LogP contribution in [0.25, 0.3) is 0 Å². The van der Waals surface area contributed by atoms with Crippen LogP contribution >= 0.6 is 11.6 Å². The molecule has 0 unspecified atom stereocenters. The van der Waals surface area contributed by atoms with Gasteiger partial charge in [0.05, 0.1) is 5.56 Å². The summed E-state index contributed by atoms with van der Waals surface area (Å²) in [6.07, 6.45) is 4.08. The van der Waals surface area contributed by atoms with E-state index in [0.29, 0.717) is 12.8 Å². The molecule has 2 N–H and O–H groups in total. The third-order valence-corrected chi connectivity index (χ3v) is 4.13. The van der Waals surface area contributed by atoms with Crippen molar-refractivity contribution in [3.63, 3.8) is 0 Å². The molecule has 0 bridgehead atoms. The molecule has 1 aliphatic carbocycles. The van der Waals surface area contributed by atoms with E-state index in [1.807, 2.05) is 0 Å². The fourth-order valence-corrected chi connectivity index (χ4v) is 2.84. The van der Waals surface area contributed by atoms with Gasteiger partial charge < -0.3 is 10.4 Å². The summed E-state index contributed by atoms with van der Waals surface area (Å²) < 4.78 is 13.8. The molecule has 6 heteroatoms. The standard InChI is InChI=1S/C15H17ClFNO3/c16-10-5-6-11(12(17)9-10)13(19)18-15(14(20)21)7-3-1-2-4-8-15/h5-6,9H,1-4,7-8H2,(H,18,19)(H,20,21). The molecular weight excluding hydrogens is 297 g/mol. The van der Waals surface area contributed by atoms with Crippen molar-refractivity contribution in [2.45, 2.75) is 44.1 Å². The van der Waals surface area contributed by atoms with Gasteiger partial charge in [0.2, 0.25) is 0 Å². The molecule has 0 heterocycles. The van der Waals surface area contributed by atoms with Crippen LogP contribution in [0.15, 0.2) is 18.2 Å². The van der Waals surface area contributed by atoms with Gasteiger partial charge in [-0.1, -0.05) is 37.3 Å². The highest BCUT2D eigenvalue weighted by Crippen LogP contribution is 2.28. The molecule has 0 atom stereocenters. The molecule has 21 heavy (non-hydrogen) atoms. The zero-order chi connectivity index (χ0) is 15.5. The average Bonchev–Trinajstić information content (AvgIpc) is 2.65. The second-order valence-electron chi connectivity index (χ2n) is 5.38. The first-order valence-electron chi connectivity index (χ1n) is 6.95. The molecule has 1 aliphatic rings. The van der Waals surface area contributed by atoms with Crippen molar-refractivity contribution in [2.24, 2.45) is 0 Å². The van der Waals surface area contributed by atoms with Gasteiger partial charge in [-0.25, -0.2) is 9.18 Å². The van der Waals surface area contributed by atoms with Crippen molar-refractivity contribution >= 4 is 23.5 Å². The maximum absolute atomic E-state index is 13.8. The van der Waals surface area contributed by atoms with Crippen LogP contribution in [0, 0.1) is 5.82 Å². The zero-order valence-electron chi connectivity index (χ0n) is 11.5. The largest absolute Gasteiger partial charge is 0.480 e. The molecule has 1 saturated carbocycles. The molecule has 0 aliphatic heterocycles. The number of carboxylic acid groups (broad SMARTS) is 1. The first-order valence-corrected chi connectivity index (χ1v) is 7.33. The van der Waals surface area contributed by atoms with Crippen molar-refractivity contribution in [3.05, 3.63) is 34.6 Å². The molecule has 2 rings (SSSR count). The number of nitrogens with one attached hydrogen (secondary N) is 1. The highest BCUT2D eigenvalue weighted by atomic mass is 35.5. The van der Waals surface area contributed by atoms with Gasteiger partial charge in [-0.05, 0) is 31.0 Å². The number of carbonyl (C=O) groups excluding carboxylic acids is 1. The summed E-state index contributed by atoms with van der Waals surface area (Å²) >= 11 is 5.65. The van der Waals surface area contributed by atoms with Gasteiger partial charge in [-0.2, -0.15) is 0 Å². The van der Waals surface area contributed by atoms with E-state index in [-0.39, 0.29) is 10.6 Å². The lowest BCUT2D eigenvalue weighted by Gasteiger charge is -2.29. The first kappa shape index (κ1) is 15.8. The minimum atomic E-state index is -1.31. The Morgan fingerprint density at radius 1 is 1.19 bits per heavy atom. The number of amides is 1. The van der Waals surface area contributed by atoms with Crippen LogP contribution in [-0.4, -0.2) is 22.5 Å². The maximum atomic E-state index is 13.8. The normalized spacial score (nSPS) is 17.8. The number of halogens is 2. The van der Waals surface area contributed by atoms with Crippen LogP contribution in [0.5, 0.6) is 0 Å². The zero-order valence-corrected chi connectivity index (χ0v) is 12.3. The van der Waals surface area contributed by atoms with Gasteiger partial charge in [-0.15, -0.1) is 0 Å². The Hall–Kier alpha value is -1.62. The predicted octanol–water partition coefficient (Wildman–Crippen LogP) is 3.39. The third-order valence-electron chi connectivity index (χ3n) is 3.90. The fourth-order valence-electron chi connectivity index (χ4n) is 2.68. The number of rotatable bonds is 3. The minimum Gasteiger partial charge on any atom is -0.480 e. The van der Waals surface area contributed by atoms with Crippen molar-refractivity contribution in [1.29, 1.82) is 0 Å². The van der Waals surface area contributed by atoms with E-state index in [1.54, 1.807) is 0 Å². The first-order chi connectivity index (χ1) is 9.94. The number of hydrogen-bond acceptors (Lipinski definition) is 2. The molecule has 1 aromatic rings. The van der Waals surface area contributed by atoms with Crippen LogP contribution < -0.4 is 5.32 Å². The summed E-state index contributed by atoms with van der Waals surface area (Å²) in [4.78, 5) is 23.8. The predicted molar refractivity (Wildman–Crippen MR) is 76.9 cm³/mol. The van der Waals surface area contributed by atoms with Gasteiger partial charge >= 0.3 is 5.97 Å². The van der Waals surface area contributed by atoms with E-state index in [2.05, 4.69) is 5.32 Å². The Kier molecular flexibility index (Phi) is 4.83. The molecular formula is C15H17ClFNO3. The Bertz CT molecular complexity index is 554. The molecule has 1 amide bonds. The molecule has 0 saturated heterocycles. The van der Waals surface area contributed by atoms with E-state index < -0.39 is 23.2 Å². The van der Waals surface area contributed by atoms with Gasteiger partial charge in [-0.3, -0.25) is 4.79 Å². The summed E-state index contributed by atoms with van der Waals surface area (Å²) in [6.45, 7) is 0. The summed E-state index contributed by atoms with van der Waals surface area (Å²) in [5, 5.41) is 12.2. The second-order valence-corrected chi connectivity index (χ2v) is 5.82. The lowest BCUT2D eigenvalue weighted by atomic mass is 9.90. The number of hydrogen-bond donors (Lipinski definition) is 2. The van der Waals surface area contributed by atoms with E-state index in [1.165, 1.54) is 12.1 Å². The molecule has 1 aromatic carbocycles. The van der Waals surface area contributed by atoms with Gasteiger partial charge in [0, 0.05) is 5.02 Å². The maximum Gasteiger partial charge on any atom is 0.329 e. The summed E-state index contributed by atoms with van der Waals surface area (Å²) in [5.74, 6) is -2.53. The van der Waals surface area contributed by atoms with Crippen LogP contribution in [-0.2, 0) is 4.79 Å². The van der Waals surface area contributed by atoms with E-state index in [0.717, 1.165) is 31.7 Å². The Morgan fingerprint density at radius 3 is 2.33 bits per heavy atom. The average molecular weight is 314 g/mol. The van der Waals surface area contributed by atoms with Crippen LogP contribution in [0.2, 0.25) is 5.02 Å². The lowest BCUT2D eigenvalue weighted by molar-refractivity contribution is -0.145. The number of carboxylic acids is 1. The topological polar surface area (TPSA) is 66.4 Å². The van der Waals surface area contributed by atoms with Gasteiger partial charge in [0.15, 0.2) is 0 Å². The van der Waals surface area contributed by atoms with Crippen molar-refractivity contribution < 1.29 is 19.1 Å². The van der Waals surface area contributed by atoms with Crippen molar-refractivity contribution in [2.75, 3.05) is 0 Å². The van der Waals surface area contributed by atoms with E-state index in [9.17, 15) is 19.1 Å². The lowest BCUT2D eigenvalue weighted by Crippen LogP contribution is -2.54. The number of aliphatic carboxylic acids is 1. The van der Waals surface area contributed by atoms with E-state index in [4.69, 9.17) is 11.6 Å². The number of benzene rings is 1. The molecule has 114 valence electrons. The van der Waals surface area contributed by atoms with Crippen LogP contribution in [0.3, 0.4) is 0 Å². The minimum absolute atomic E-state index is 0.187. The van der Waals surface area contributed by atoms with E-state index >= 15 is 0 Å². The quantitative estimate of drug-likeness (QED) is 0.841. The van der Waals surface area contributed by atoms with Crippen LogP contribution in [0.4, 0.5) is 4.39 Å². The summed E-state index contributed by atoms with van der Waals surface area (Å²) in [5.41, 5.74) is -1.50. The molecule has 0 aromatic heterocycles. The smallest absolute Gasteiger partial charge is 0.329 e. The Balaban J connectivity index is 2.24. The van der Waals surface area contributed by atoms with Crippen molar-refractivity contribution in [3.8, 4) is 0 Å². The number of carbonyl (C=O) groups is 2. The van der Waals surface area contributed by atoms with Gasteiger partial charge in [0.1, 0.15) is 11.4 Å². The highest BCUT2D eigenvalue weighted by molar-refractivity contribution is 6.30. The fraction of sp³-hybridized carbons (Fsp3) is 0.467. The molecule has 0 spiro atoms.